The molecular formula is C23H24ClFN2O3S. The first kappa shape index (κ1) is 22.1. The molecule has 0 radical (unpaired) electrons. The van der Waals surface area contributed by atoms with Gasteiger partial charge in [0.25, 0.3) is 0 Å². The van der Waals surface area contributed by atoms with Gasteiger partial charge in [-0.2, -0.15) is 0 Å². The summed E-state index contributed by atoms with van der Waals surface area (Å²) in [6.07, 6.45) is 1.99. The fraction of sp³-hybridized carbons (Fsp3) is 0.391. The fourth-order valence-electron chi connectivity index (χ4n) is 3.86. The smallest absolute Gasteiger partial charge is 0.241 e. The van der Waals surface area contributed by atoms with Gasteiger partial charge in [0.1, 0.15) is 11.1 Å². The summed E-state index contributed by atoms with van der Waals surface area (Å²) in [5, 5.41) is 2.63. The van der Waals surface area contributed by atoms with Crippen LogP contribution in [-0.2, 0) is 20.9 Å². The molecule has 1 fully saturated rings. The second-order valence-electron chi connectivity index (χ2n) is 7.84. The lowest BCUT2D eigenvalue weighted by Crippen LogP contribution is -2.48. The van der Waals surface area contributed by atoms with Crippen LogP contribution in [-0.4, -0.2) is 36.3 Å². The monoisotopic (exact) mass is 462 g/mol. The Morgan fingerprint density at radius 1 is 1.35 bits per heavy atom. The molecule has 2 aromatic rings. The number of carbonyl (C=O) groups excluding carboxylic acids is 2. The third-order valence-electron chi connectivity index (χ3n) is 5.66. The minimum atomic E-state index is -0.571. The van der Waals surface area contributed by atoms with Crippen LogP contribution in [0, 0.1) is 11.7 Å². The number of thioether (sulfide) groups is 1. The molecule has 2 amide bonds. The average molecular weight is 463 g/mol. The SMILES string of the molecule is C[C@H](C(=O)NC[C@@H]1CCCO1)[C@H]1Sc2ccccc2N(Cc2ccc(F)cc2Cl)C1=O. The molecule has 4 rings (SSSR count). The lowest BCUT2D eigenvalue weighted by molar-refractivity contribution is -0.128. The first-order valence-corrected chi connectivity index (χ1v) is 11.6. The summed E-state index contributed by atoms with van der Waals surface area (Å²) in [4.78, 5) is 28.8. The summed E-state index contributed by atoms with van der Waals surface area (Å²) in [7, 11) is 0. The Bertz CT molecular complexity index is 983. The largest absolute Gasteiger partial charge is 0.376 e. The molecule has 31 heavy (non-hydrogen) atoms. The topological polar surface area (TPSA) is 58.6 Å². The lowest BCUT2D eigenvalue weighted by atomic mass is 10.0. The van der Waals surface area contributed by atoms with Gasteiger partial charge in [0.2, 0.25) is 11.8 Å². The third-order valence-corrected chi connectivity index (χ3v) is 7.47. The van der Waals surface area contributed by atoms with E-state index < -0.39 is 17.0 Å². The number of nitrogens with one attached hydrogen (secondary N) is 1. The number of anilines is 1. The summed E-state index contributed by atoms with van der Waals surface area (Å²) < 4.78 is 19.0. The second-order valence-corrected chi connectivity index (χ2v) is 9.43. The van der Waals surface area contributed by atoms with Crippen LogP contribution in [0.5, 0.6) is 0 Å². The number of hydrogen-bond acceptors (Lipinski definition) is 4. The van der Waals surface area contributed by atoms with Crippen molar-refractivity contribution in [3.63, 3.8) is 0 Å². The zero-order valence-electron chi connectivity index (χ0n) is 17.1. The van der Waals surface area contributed by atoms with E-state index in [0.29, 0.717) is 12.1 Å². The maximum atomic E-state index is 13.5. The van der Waals surface area contributed by atoms with Crippen molar-refractivity contribution in [2.45, 2.75) is 42.6 Å². The molecule has 0 unspecified atom stereocenters. The maximum Gasteiger partial charge on any atom is 0.241 e. The standard InChI is InChI=1S/C23H24ClFN2O3S/c1-14(22(28)26-12-17-5-4-10-30-17)21-23(29)27(19-6-2-3-7-20(19)31-21)13-15-8-9-16(25)11-18(15)24/h2-3,6-9,11,14,17,21H,4-5,10,12-13H2,1H3,(H,26,28)/t14-,17-,21+/m0/s1. The van der Waals surface area contributed by atoms with Crippen molar-refractivity contribution >= 4 is 40.9 Å². The predicted octanol–water partition coefficient (Wildman–Crippen LogP) is 4.42. The Balaban J connectivity index is 1.54. The number of benzene rings is 2. The molecule has 1 saturated heterocycles. The molecule has 2 aliphatic heterocycles. The van der Waals surface area contributed by atoms with Crippen LogP contribution >= 0.6 is 23.4 Å². The molecule has 2 aromatic carbocycles. The first-order chi connectivity index (χ1) is 14.9. The molecule has 164 valence electrons. The van der Waals surface area contributed by atoms with Gasteiger partial charge in [-0.3, -0.25) is 9.59 Å². The van der Waals surface area contributed by atoms with Gasteiger partial charge in [-0.25, -0.2) is 4.39 Å². The number of fused-ring (bicyclic) bond motifs is 1. The van der Waals surface area contributed by atoms with Crippen molar-refractivity contribution < 1.29 is 18.7 Å². The predicted molar refractivity (Wildman–Crippen MR) is 120 cm³/mol. The van der Waals surface area contributed by atoms with E-state index in [1.165, 1.54) is 23.9 Å². The highest BCUT2D eigenvalue weighted by molar-refractivity contribution is 8.01. The van der Waals surface area contributed by atoms with Gasteiger partial charge in [0.05, 0.1) is 24.3 Å². The van der Waals surface area contributed by atoms with Crippen LogP contribution in [0.15, 0.2) is 47.4 Å². The third kappa shape index (κ3) is 4.89. The fourth-order valence-corrected chi connectivity index (χ4v) is 5.37. The molecular weight excluding hydrogens is 439 g/mol. The Morgan fingerprint density at radius 3 is 2.90 bits per heavy atom. The molecule has 2 heterocycles. The van der Waals surface area contributed by atoms with Crippen LogP contribution in [0.1, 0.15) is 25.3 Å². The second kappa shape index (κ2) is 9.59. The maximum absolute atomic E-state index is 13.5. The number of para-hydroxylation sites is 1. The van der Waals surface area contributed by atoms with E-state index in [0.717, 1.165) is 30.0 Å². The highest BCUT2D eigenvalue weighted by Crippen LogP contribution is 2.42. The van der Waals surface area contributed by atoms with Crippen molar-refractivity contribution in [3.8, 4) is 0 Å². The van der Waals surface area contributed by atoms with Crippen molar-refractivity contribution in [1.29, 1.82) is 0 Å². The van der Waals surface area contributed by atoms with Crippen LogP contribution in [0.3, 0.4) is 0 Å². The Labute approximate surface area is 190 Å². The van der Waals surface area contributed by atoms with E-state index >= 15 is 0 Å². The van der Waals surface area contributed by atoms with Crippen LogP contribution in [0.2, 0.25) is 5.02 Å². The average Bonchev–Trinajstić information content (AvgIpc) is 3.28. The molecule has 0 saturated carbocycles. The van der Waals surface area contributed by atoms with Crippen LogP contribution in [0.25, 0.3) is 0 Å². The van der Waals surface area contributed by atoms with Gasteiger partial charge in [-0.1, -0.05) is 36.7 Å². The van der Waals surface area contributed by atoms with E-state index in [9.17, 15) is 14.0 Å². The Morgan fingerprint density at radius 2 is 2.16 bits per heavy atom. The van der Waals surface area contributed by atoms with Crippen LogP contribution < -0.4 is 10.2 Å². The molecule has 1 N–H and O–H groups in total. The van der Waals surface area contributed by atoms with Gasteiger partial charge in [0.15, 0.2) is 0 Å². The van der Waals surface area contributed by atoms with Gasteiger partial charge in [-0.15, -0.1) is 11.8 Å². The van der Waals surface area contributed by atoms with E-state index in [-0.39, 0.29) is 29.5 Å². The summed E-state index contributed by atoms with van der Waals surface area (Å²) in [5.41, 5.74) is 1.41. The molecule has 0 aromatic heterocycles. The number of carbonyl (C=O) groups is 2. The number of nitrogens with zero attached hydrogens (tertiary/aromatic N) is 1. The zero-order chi connectivity index (χ0) is 22.0. The number of halogens is 2. The number of ether oxygens (including phenoxy) is 1. The minimum Gasteiger partial charge on any atom is -0.376 e. The van der Waals surface area contributed by atoms with Crippen molar-refractivity contribution in [1.82, 2.24) is 5.32 Å². The Hall–Kier alpha value is -2.09. The quantitative estimate of drug-likeness (QED) is 0.690. The van der Waals surface area contributed by atoms with Gasteiger partial charge >= 0.3 is 0 Å². The number of amides is 2. The van der Waals surface area contributed by atoms with E-state index in [1.54, 1.807) is 17.9 Å². The number of rotatable bonds is 6. The van der Waals surface area contributed by atoms with Crippen molar-refractivity contribution in [3.05, 3.63) is 58.9 Å². The molecule has 5 nitrogen and oxygen atoms in total. The Kier molecular flexibility index (Phi) is 6.84. The summed E-state index contributed by atoms with van der Waals surface area (Å²) in [6.45, 7) is 3.17. The van der Waals surface area contributed by atoms with E-state index in [4.69, 9.17) is 16.3 Å². The highest BCUT2D eigenvalue weighted by atomic mass is 35.5. The zero-order valence-corrected chi connectivity index (χ0v) is 18.7. The summed E-state index contributed by atoms with van der Waals surface area (Å²) in [5.74, 6) is -1.29. The molecule has 8 heteroatoms. The van der Waals surface area contributed by atoms with Gasteiger partial charge in [-0.05, 0) is 42.7 Å². The summed E-state index contributed by atoms with van der Waals surface area (Å²) in [6, 6.07) is 11.7. The van der Waals surface area contributed by atoms with Crippen molar-refractivity contribution in [2.24, 2.45) is 5.92 Å². The molecule has 0 spiro atoms. The molecule has 3 atom stereocenters. The summed E-state index contributed by atoms with van der Waals surface area (Å²) >= 11 is 7.62. The minimum absolute atomic E-state index is 0.0451. The first-order valence-electron chi connectivity index (χ1n) is 10.3. The highest BCUT2D eigenvalue weighted by Gasteiger charge is 2.39. The van der Waals surface area contributed by atoms with Crippen molar-refractivity contribution in [2.75, 3.05) is 18.1 Å². The van der Waals surface area contributed by atoms with Gasteiger partial charge in [0, 0.05) is 23.1 Å². The molecule has 2 aliphatic rings. The van der Waals surface area contributed by atoms with E-state index in [2.05, 4.69) is 5.32 Å². The van der Waals surface area contributed by atoms with Gasteiger partial charge < -0.3 is 15.0 Å². The van der Waals surface area contributed by atoms with E-state index in [1.807, 2.05) is 24.3 Å². The normalized spacial score (nSPS) is 21.6. The number of hydrogen-bond donors (Lipinski definition) is 1. The van der Waals surface area contributed by atoms with Crippen LogP contribution in [0.4, 0.5) is 10.1 Å². The molecule has 0 bridgehead atoms. The molecule has 0 aliphatic carbocycles. The lowest BCUT2D eigenvalue weighted by Gasteiger charge is -2.36.